The molecule has 0 aliphatic carbocycles. The van der Waals surface area contributed by atoms with E-state index in [4.69, 9.17) is 0 Å². The molecule has 0 amide bonds. The lowest BCUT2D eigenvalue weighted by Crippen LogP contribution is -1.87. The fraction of sp³-hybridized carbons (Fsp3) is 0.176. The molecule has 0 unspecified atom stereocenters. The summed E-state index contributed by atoms with van der Waals surface area (Å²) in [5.41, 5.74) is 2.50. The van der Waals surface area contributed by atoms with Crippen LogP contribution in [-0.2, 0) is 6.42 Å². The standard InChI is InChI=1S/C17H18O2/c1-2-6-15-16(18)11-14(12-17(15)19)10-9-13-7-4-3-5-8-13/h3-5,7-12,18-19H,2,6H2,1H3/b10-9-. The molecular weight excluding hydrogens is 236 g/mol. The highest BCUT2D eigenvalue weighted by molar-refractivity contribution is 5.71. The summed E-state index contributed by atoms with van der Waals surface area (Å²) in [5.74, 6) is 0.323. The van der Waals surface area contributed by atoms with E-state index in [0.717, 1.165) is 17.5 Å². The molecule has 0 saturated heterocycles. The molecule has 19 heavy (non-hydrogen) atoms. The van der Waals surface area contributed by atoms with Gasteiger partial charge in [-0.1, -0.05) is 55.8 Å². The number of benzene rings is 2. The molecule has 0 saturated carbocycles. The maximum absolute atomic E-state index is 9.91. The quantitative estimate of drug-likeness (QED) is 0.802. The van der Waals surface area contributed by atoms with Crippen LogP contribution in [0, 0.1) is 0 Å². The summed E-state index contributed by atoms with van der Waals surface area (Å²) >= 11 is 0. The molecule has 0 aromatic heterocycles. The topological polar surface area (TPSA) is 40.5 Å². The van der Waals surface area contributed by atoms with E-state index >= 15 is 0 Å². The number of hydrogen-bond acceptors (Lipinski definition) is 2. The van der Waals surface area contributed by atoms with Crippen LogP contribution in [0.15, 0.2) is 42.5 Å². The zero-order valence-corrected chi connectivity index (χ0v) is 11.0. The molecule has 2 aromatic carbocycles. The smallest absolute Gasteiger partial charge is 0.123 e. The first-order chi connectivity index (χ1) is 9.20. The Morgan fingerprint density at radius 3 is 2.05 bits per heavy atom. The summed E-state index contributed by atoms with van der Waals surface area (Å²) in [5, 5.41) is 19.8. The van der Waals surface area contributed by atoms with E-state index in [1.54, 1.807) is 12.1 Å². The van der Waals surface area contributed by atoms with E-state index in [1.165, 1.54) is 0 Å². The van der Waals surface area contributed by atoms with E-state index in [9.17, 15) is 10.2 Å². The van der Waals surface area contributed by atoms with Crippen molar-refractivity contribution in [1.29, 1.82) is 0 Å². The van der Waals surface area contributed by atoms with Crippen molar-refractivity contribution < 1.29 is 10.2 Å². The first kappa shape index (κ1) is 13.2. The molecule has 0 fully saturated rings. The van der Waals surface area contributed by atoms with E-state index in [-0.39, 0.29) is 11.5 Å². The van der Waals surface area contributed by atoms with Crippen LogP contribution in [-0.4, -0.2) is 10.2 Å². The normalized spacial score (nSPS) is 11.0. The van der Waals surface area contributed by atoms with Gasteiger partial charge in [-0.3, -0.25) is 0 Å². The number of phenolic OH excluding ortho intramolecular Hbond substituents is 2. The highest BCUT2D eigenvalue weighted by Gasteiger charge is 2.07. The second-order valence-electron chi connectivity index (χ2n) is 4.53. The molecule has 2 nitrogen and oxygen atoms in total. The first-order valence-corrected chi connectivity index (χ1v) is 6.48. The zero-order valence-electron chi connectivity index (χ0n) is 11.0. The van der Waals surface area contributed by atoms with Crippen LogP contribution < -0.4 is 0 Å². The fourth-order valence-corrected chi connectivity index (χ4v) is 2.02. The number of hydrogen-bond donors (Lipinski definition) is 2. The van der Waals surface area contributed by atoms with Gasteiger partial charge in [0, 0.05) is 5.56 Å². The van der Waals surface area contributed by atoms with Crippen molar-refractivity contribution in [2.75, 3.05) is 0 Å². The summed E-state index contributed by atoms with van der Waals surface area (Å²) in [7, 11) is 0. The molecule has 0 heterocycles. The van der Waals surface area contributed by atoms with Gasteiger partial charge in [0.25, 0.3) is 0 Å². The Kier molecular flexibility index (Phi) is 4.24. The molecular formula is C17H18O2. The average molecular weight is 254 g/mol. The maximum Gasteiger partial charge on any atom is 0.123 e. The fourth-order valence-electron chi connectivity index (χ4n) is 2.02. The summed E-state index contributed by atoms with van der Waals surface area (Å²) in [6.07, 6.45) is 5.40. The SMILES string of the molecule is CCCc1c(O)cc(/C=C\c2ccccc2)cc1O. The molecule has 0 spiro atoms. The van der Waals surface area contributed by atoms with Crippen molar-refractivity contribution in [1.82, 2.24) is 0 Å². The largest absolute Gasteiger partial charge is 0.508 e. The Morgan fingerprint density at radius 2 is 1.47 bits per heavy atom. The second-order valence-corrected chi connectivity index (χ2v) is 4.53. The Hall–Kier alpha value is -2.22. The van der Waals surface area contributed by atoms with Crippen LogP contribution in [0.5, 0.6) is 11.5 Å². The van der Waals surface area contributed by atoms with Crippen LogP contribution in [0.2, 0.25) is 0 Å². The lowest BCUT2D eigenvalue weighted by molar-refractivity contribution is 0.437. The molecule has 0 atom stereocenters. The minimum Gasteiger partial charge on any atom is -0.508 e. The zero-order chi connectivity index (χ0) is 13.7. The van der Waals surface area contributed by atoms with Gasteiger partial charge in [0.1, 0.15) is 11.5 Å². The molecule has 0 aliphatic rings. The van der Waals surface area contributed by atoms with Gasteiger partial charge in [-0.15, -0.1) is 0 Å². The third kappa shape index (κ3) is 3.38. The Morgan fingerprint density at radius 1 is 0.895 bits per heavy atom. The summed E-state index contributed by atoms with van der Waals surface area (Å²) < 4.78 is 0. The van der Waals surface area contributed by atoms with Crippen molar-refractivity contribution >= 4 is 12.2 Å². The van der Waals surface area contributed by atoms with Crippen LogP contribution in [0.25, 0.3) is 12.2 Å². The Bertz CT molecular complexity index is 548. The van der Waals surface area contributed by atoms with Crippen molar-refractivity contribution in [2.45, 2.75) is 19.8 Å². The molecule has 2 heteroatoms. The number of phenols is 2. The molecule has 2 rings (SSSR count). The van der Waals surface area contributed by atoms with Crippen molar-refractivity contribution in [2.24, 2.45) is 0 Å². The highest BCUT2D eigenvalue weighted by Crippen LogP contribution is 2.30. The van der Waals surface area contributed by atoms with Crippen molar-refractivity contribution in [3.63, 3.8) is 0 Å². The monoisotopic (exact) mass is 254 g/mol. The van der Waals surface area contributed by atoms with Crippen molar-refractivity contribution in [3.8, 4) is 11.5 Å². The number of rotatable bonds is 4. The lowest BCUT2D eigenvalue weighted by atomic mass is 10.0. The van der Waals surface area contributed by atoms with E-state index in [1.807, 2.05) is 49.4 Å². The average Bonchev–Trinajstić information content (AvgIpc) is 2.42. The van der Waals surface area contributed by atoms with Gasteiger partial charge < -0.3 is 10.2 Å². The van der Waals surface area contributed by atoms with E-state index < -0.39 is 0 Å². The van der Waals surface area contributed by atoms with Gasteiger partial charge in [0.15, 0.2) is 0 Å². The van der Waals surface area contributed by atoms with Gasteiger partial charge in [0.2, 0.25) is 0 Å². The maximum atomic E-state index is 9.91. The van der Waals surface area contributed by atoms with Gasteiger partial charge in [-0.05, 0) is 29.7 Å². The van der Waals surface area contributed by atoms with Crippen LogP contribution in [0.4, 0.5) is 0 Å². The molecule has 98 valence electrons. The van der Waals surface area contributed by atoms with Gasteiger partial charge >= 0.3 is 0 Å². The third-order valence-electron chi connectivity index (χ3n) is 2.99. The first-order valence-electron chi connectivity index (χ1n) is 6.48. The summed E-state index contributed by atoms with van der Waals surface area (Å²) in [4.78, 5) is 0. The minimum absolute atomic E-state index is 0.162. The second kappa shape index (κ2) is 6.10. The molecule has 2 aromatic rings. The van der Waals surface area contributed by atoms with Gasteiger partial charge in [-0.25, -0.2) is 0 Å². The molecule has 0 bridgehead atoms. The summed E-state index contributed by atoms with van der Waals surface area (Å²) in [6.45, 7) is 2.02. The van der Waals surface area contributed by atoms with Crippen LogP contribution >= 0.6 is 0 Å². The predicted octanol–water partition coefficient (Wildman–Crippen LogP) is 4.22. The molecule has 0 aliphatic heterocycles. The predicted molar refractivity (Wildman–Crippen MR) is 79.1 cm³/mol. The number of aromatic hydroxyl groups is 2. The Labute approximate surface area is 113 Å². The van der Waals surface area contributed by atoms with Crippen LogP contribution in [0.1, 0.15) is 30.0 Å². The minimum atomic E-state index is 0.162. The molecule has 2 N–H and O–H groups in total. The highest BCUT2D eigenvalue weighted by atomic mass is 16.3. The Balaban J connectivity index is 2.25. The van der Waals surface area contributed by atoms with E-state index in [2.05, 4.69) is 0 Å². The summed E-state index contributed by atoms with van der Waals surface area (Å²) in [6, 6.07) is 13.3. The van der Waals surface area contributed by atoms with Gasteiger partial charge in [-0.2, -0.15) is 0 Å². The molecule has 0 radical (unpaired) electrons. The lowest BCUT2D eigenvalue weighted by Gasteiger charge is -2.07. The van der Waals surface area contributed by atoms with E-state index in [0.29, 0.717) is 12.0 Å². The van der Waals surface area contributed by atoms with Crippen molar-refractivity contribution in [3.05, 3.63) is 59.2 Å². The third-order valence-corrected chi connectivity index (χ3v) is 2.99. The van der Waals surface area contributed by atoms with Gasteiger partial charge in [0.05, 0.1) is 0 Å². The van der Waals surface area contributed by atoms with Crippen LogP contribution in [0.3, 0.4) is 0 Å².